The van der Waals surface area contributed by atoms with Gasteiger partial charge in [-0.3, -0.25) is 0 Å². The van der Waals surface area contributed by atoms with Gasteiger partial charge in [0.1, 0.15) is 11.5 Å². The second-order valence-corrected chi connectivity index (χ2v) is 7.92. The number of rotatable bonds is 8. The first-order chi connectivity index (χ1) is 15.5. The van der Waals surface area contributed by atoms with Crippen LogP contribution >= 0.6 is 11.8 Å². The Balaban J connectivity index is 1.41. The zero-order chi connectivity index (χ0) is 22.5. The quantitative estimate of drug-likeness (QED) is 0.270. The molecule has 0 saturated heterocycles. The third kappa shape index (κ3) is 4.83. The minimum absolute atomic E-state index is 0.126. The molecule has 2 heterocycles. The van der Waals surface area contributed by atoms with Gasteiger partial charge in [0.05, 0.1) is 18.4 Å². The van der Waals surface area contributed by atoms with Gasteiger partial charge in [-0.15, -0.1) is 11.8 Å². The Morgan fingerprint density at radius 2 is 1.91 bits per heavy atom. The van der Waals surface area contributed by atoms with E-state index in [1.54, 1.807) is 25.3 Å². The van der Waals surface area contributed by atoms with E-state index in [4.69, 9.17) is 18.5 Å². The molecule has 0 N–H and O–H groups in total. The highest BCUT2D eigenvalue weighted by molar-refractivity contribution is 7.98. The molecule has 8 nitrogen and oxygen atoms in total. The first kappa shape index (κ1) is 21.6. The molecular formula is C23H21N3O5S. The van der Waals surface area contributed by atoms with Gasteiger partial charge in [-0.05, 0) is 38.1 Å². The summed E-state index contributed by atoms with van der Waals surface area (Å²) in [5, 5.41) is 7.92. The van der Waals surface area contributed by atoms with Gasteiger partial charge in [-0.2, -0.15) is 4.98 Å². The summed E-state index contributed by atoms with van der Waals surface area (Å²) < 4.78 is 21.1. The average Bonchev–Trinajstić information content (AvgIpc) is 3.43. The molecular weight excluding hydrogens is 430 g/mol. The minimum Gasteiger partial charge on any atom is -0.497 e. The van der Waals surface area contributed by atoms with Crippen molar-refractivity contribution in [2.45, 2.75) is 31.1 Å². The van der Waals surface area contributed by atoms with Gasteiger partial charge in [-0.1, -0.05) is 34.6 Å². The highest BCUT2D eigenvalue weighted by Crippen LogP contribution is 2.29. The standard InChI is InChI=1S/C23H21N3O5S/c1-14-19(15(2)30-25-14)13-32-20-10-5-4-9-18(20)23(27)29-12-21-24-22(26-31-21)16-7-6-8-17(11-16)28-3/h4-11H,12-13H2,1-3H3. The lowest BCUT2D eigenvalue weighted by Crippen LogP contribution is -2.07. The predicted octanol–water partition coefficient (Wildman–Crippen LogP) is 5.00. The molecule has 0 aliphatic heterocycles. The fourth-order valence-corrected chi connectivity index (χ4v) is 4.21. The van der Waals surface area contributed by atoms with Gasteiger partial charge in [0.15, 0.2) is 6.61 Å². The number of nitrogens with zero attached hydrogens (tertiary/aromatic N) is 3. The lowest BCUT2D eigenvalue weighted by atomic mass is 10.2. The van der Waals surface area contributed by atoms with Crippen LogP contribution in [0, 0.1) is 13.8 Å². The summed E-state index contributed by atoms with van der Waals surface area (Å²) in [5.41, 5.74) is 3.08. The predicted molar refractivity (Wildman–Crippen MR) is 117 cm³/mol. The van der Waals surface area contributed by atoms with E-state index in [0.29, 0.717) is 22.9 Å². The van der Waals surface area contributed by atoms with E-state index in [2.05, 4.69) is 15.3 Å². The summed E-state index contributed by atoms with van der Waals surface area (Å²) in [6.07, 6.45) is 0. The van der Waals surface area contributed by atoms with Gasteiger partial charge >= 0.3 is 5.97 Å². The van der Waals surface area contributed by atoms with Gasteiger partial charge in [0.25, 0.3) is 5.89 Å². The Morgan fingerprint density at radius 1 is 1.06 bits per heavy atom. The third-order valence-electron chi connectivity index (χ3n) is 4.78. The highest BCUT2D eigenvalue weighted by atomic mass is 32.2. The maximum absolute atomic E-state index is 12.7. The van der Waals surface area contributed by atoms with Crippen molar-refractivity contribution >= 4 is 17.7 Å². The first-order valence-corrected chi connectivity index (χ1v) is 10.8. The number of hydrogen-bond acceptors (Lipinski definition) is 9. The van der Waals surface area contributed by atoms with Crippen molar-refractivity contribution in [3.63, 3.8) is 0 Å². The molecule has 0 fully saturated rings. The van der Waals surface area contributed by atoms with Crippen LogP contribution < -0.4 is 4.74 Å². The molecule has 32 heavy (non-hydrogen) atoms. The Labute approximate surface area is 188 Å². The summed E-state index contributed by atoms with van der Waals surface area (Å²) in [5.74, 6) is 2.23. The van der Waals surface area contributed by atoms with Crippen LogP contribution in [0.3, 0.4) is 0 Å². The van der Waals surface area contributed by atoms with Crippen LogP contribution in [-0.4, -0.2) is 28.4 Å². The number of methoxy groups -OCH3 is 1. The number of esters is 1. The molecule has 0 aliphatic carbocycles. The normalized spacial score (nSPS) is 10.8. The molecule has 0 atom stereocenters. The van der Waals surface area contributed by atoms with Crippen LogP contribution in [0.2, 0.25) is 0 Å². The number of benzene rings is 2. The molecule has 4 aromatic rings. The van der Waals surface area contributed by atoms with Crippen LogP contribution in [0.15, 0.2) is 62.5 Å². The fraction of sp³-hybridized carbons (Fsp3) is 0.217. The Morgan fingerprint density at radius 3 is 2.69 bits per heavy atom. The summed E-state index contributed by atoms with van der Waals surface area (Å²) >= 11 is 1.52. The largest absolute Gasteiger partial charge is 0.497 e. The molecule has 2 aromatic carbocycles. The van der Waals surface area contributed by atoms with Gasteiger partial charge in [0, 0.05) is 21.8 Å². The molecule has 2 aromatic heterocycles. The fourth-order valence-electron chi connectivity index (χ4n) is 3.02. The van der Waals surface area contributed by atoms with Crippen molar-refractivity contribution in [2.24, 2.45) is 0 Å². The third-order valence-corrected chi connectivity index (χ3v) is 5.88. The van der Waals surface area contributed by atoms with Crippen molar-refractivity contribution in [3.05, 3.63) is 77.0 Å². The van der Waals surface area contributed by atoms with Crippen LogP contribution in [0.4, 0.5) is 0 Å². The van der Waals surface area contributed by atoms with Gasteiger partial charge in [0.2, 0.25) is 5.82 Å². The molecule has 0 radical (unpaired) electrons. The number of aromatic nitrogens is 3. The lowest BCUT2D eigenvalue weighted by Gasteiger charge is -2.08. The van der Waals surface area contributed by atoms with Gasteiger partial charge in [-0.25, -0.2) is 4.79 Å². The molecule has 0 amide bonds. The van der Waals surface area contributed by atoms with Crippen LogP contribution in [-0.2, 0) is 17.1 Å². The van der Waals surface area contributed by atoms with Gasteiger partial charge < -0.3 is 18.5 Å². The Bertz CT molecular complexity index is 1210. The molecule has 0 aliphatic rings. The van der Waals surface area contributed by atoms with Crippen molar-refractivity contribution in [1.29, 1.82) is 0 Å². The maximum Gasteiger partial charge on any atom is 0.339 e. The first-order valence-electron chi connectivity index (χ1n) is 9.83. The van der Waals surface area contributed by atoms with Crippen LogP contribution in [0.1, 0.15) is 33.3 Å². The number of thioether (sulfide) groups is 1. The number of hydrogen-bond donors (Lipinski definition) is 0. The van der Waals surface area contributed by atoms with Crippen molar-refractivity contribution < 1.29 is 23.3 Å². The number of carbonyl (C=O) groups is 1. The summed E-state index contributed by atoms with van der Waals surface area (Å²) in [7, 11) is 1.59. The molecule has 164 valence electrons. The molecule has 0 unspecified atom stereocenters. The van der Waals surface area contributed by atoms with E-state index in [0.717, 1.165) is 27.5 Å². The van der Waals surface area contributed by atoms with E-state index in [1.165, 1.54) is 11.8 Å². The van der Waals surface area contributed by atoms with E-state index in [9.17, 15) is 4.79 Å². The second kappa shape index (κ2) is 9.69. The maximum atomic E-state index is 12.7. The van der Waals surface area contributed by atoms with E-state index >= 15 is 0 Å². The topological polar surface area (TPSA) is 100 Å². The van der Waals surface area contributed by atoms with Crippen LogP contribution in [0.5, 0.6) is 5.75 Å². The number of ether oxygens (including phenoxy) is 2. The SMILES string of the molecule is COc1cccc(-c2noc(COC(=O)c3ccccc3SCc3c(C)noc3C)n2)c1. The number of carbonyl (C=O) groups excluding carboxylic acids is 1. The highest BCUT2D eigenvalue weighted by Gasteiger charge is 2.17. The molecule has 0 spiro atoms. The summed E-state index contributed by atoms with van der Waals surface area (Å²) in [4.78, 5) is 17.8. The lowest BCUT2D eigenvalue weighted by molar-refractivity contribution is 0.0425. The smallest absolute Gasteiger partial charge is 0.339 e. The number of aryl methyl sites for hydroxylation is 2. The zero-order valence-electron chi connectivity index (χ0n) is 17.8. The molecule has 0 saturated carbocycles. The van der Waals surface area contributed by atoms with Crippen molar-refractivity contribution in [1.82, 2.24) is 15.3 Å². The van der Waals surface area contributed by atoms with E-state index in [-0.39, 0.29) is 12.5 Å². The average molecular weight is 452 g/mol. The summed E-state index contributed by atoms with van der Waals surface area (Å²) in [6, 6.07) is 14.6. The van der Waals surface area contributed by atoms with E-state index < -0.39 is 5.97 Å². The molecule has 4 rings (SSSR count). The van der Waals surface area contributed by atoms with E-state index in [1.807, 2.05) is 44.2 Å². The Hall–Kier alpha value is -3.59. The Kier molecular flexibility index (Phi) is 6.55. The van der Waals surface area contributed by atoms with Crippen molar-refractivity contribution in [3.8, 4) is 17.1 Å². The molecule has 0 bridgehead atoms. The second-order valence-electron chi connectivity index (χ2n) is 6.91. The minimum atomic E-state index is -0.465. The monoisotopic (exact) mass is 451 g/mol. The zero-order valence-corrected chi connectivity index (χ0v) is 18.6. The van der Waals surface area contributed by atoms with Crippen molar-refractivity contribution in [2.75, 3.05) is 7.11 Å². The summed E-state index contributed by atoms with van der Waals surface area (Å²) in [6.45, 7) is 3.65. The van der Waals surface area contributed by atoms with Crippen LogP contribution in [0.25, 0.3) is 11.4 Å². The molecule has 9 heteroatoms.